The molecule has 7 nitrogen and oxygen atoms in total. The first kappa shape index (κ1) is 13.4. The van der Waals surface area contributed by atoms with Crippen molar-refractivity contribution in [3.8, 4) is 11.4 Å². The highest BCUT2D eigenvalue weighted by molar-refractivity contribution is 5.51. The SMILES string of the molecule is Cc1cnc(CNC(C)c2nc(-c3cccnc3)no2)[nH]1. The largest absolute Gasteiger partial charge is 0.345 e. The van der Waals surface area contributed by atoms with Crippen molar-refractivity contribution < 1.29 is 4.52 Å². The number of rotatable bonds is 5. The molecule has 0 fully saturated rings. The van der Waals surface area contributed by atoms with Gasteiger partial charge in [-0.25, -0.2) is 4.98 Å². The van der Waals surface area contributed by atoms with Gasteiger partial charge in [0.05, 0.1) is 12.6 Å². The van der Waals surface area contributed by atoms with Crippen molar-refractivity contribution in [2.24, 2.45) is 0 Å². The van der Waals surface area contributed by atoms with E-state index in [0.717, 1.165) is 17.1 Å². The molecule has 0 saturated carbocycles. The number of aromatic amines is 1. The number of nitrogens with one attached hydrogen (secondary N) is 2. The van der Waals surface area contributed by atoms with E-state index >= 15 is 0 Å². The van der Waals surface area contributed by atoms with Crippen molar-refractivity contribution in [2.75, 3.05) is 0 Å². The van der Waals surface area contributed by atoms with E-state index in [4.69, 9.17) is 4.52 Å². The van der Waals surface area contributed by atoms with Crippen LogP contribution < -0.4 is 5.32 Å². The second-order valence-corrected chi connectivity index (χ2v) is 4.81. The average molecular weight is 284 g/mol. The van der Waals surface area contributed by atoms with Gasteiger partial charge in [-0.3, -0.25) is 10.3 Å². The van der Waals surface area contributed by atoms with Crippen LogP contribution in [0.1, 0.15) is 30.4 Å². The number of nitrogens with zero attached hydrogens (tertiary/aromatic N) is 4. The van der Waals surface area contributed by atoms with Crippen LogP contribution in [0.25, 0.3) is 11.4 Å². The molecular formula is C14H16N6O. The summed E-state index contributed by atoms with van der Waals surface area (Å²) in [4.78, 5) is 15.8. The number of hydrogen-bond acceptors (Lipinski definition) is 6. The third-order valence-electron chi connectivity index (χ3n) is 3.06. The lowest BCUT2D eigenvalue weighted by molar-refractivity contribution is 0.338. The molecule has 0 bridgehead atoms. The van der Waals surface area contributed by atoms with E-state index in [1.54, 1.807) is 18.6 Å². The molecule has 7 heteroatoms. The van der Waals surface area contributed by atoms with E-state index in [-0.39, 0.29) is 6.04 Å². The second-order valence-electron chi connectivity index (χ2n) is 4.81. The fourth-order valence-corrected chi connectivity index (χ4v) is 1.92. The summed E-state index contributed by atoms with van der Waals surface area (Å²) in [6.07, 6.45) is 5.22. The lowest BCUT2D eigenvalue weighted by Gasteiger charge is -2.07. The summed E-state index contributed by atoms with van der Waals surface area (Å²) in [5.74, 6) is 1.96. The Morgan fingerprint density at radius 3 is 3.00 bits per heavy atom. The number of pyridine rings is 1. The van der Waals surface area contributed by atoms with Crippen LogP contribution in [-0.2, 0) is 6.54 Å². The van der Waals surface area contributed by atoms with Crippen molar-refractivity contribution in [3.63, 3.8) is 0 Å². The predicted octanol–water partition coefficient (Wildman–Crippen LogP) is 2.01. The van der Waals surface area contributed by atoms with Crippen LogP contribution in [0, 0.1) is 6.92 Å². The topological polar surface area (TPSA) is 92.5 Å². The molecule has 1 atom stereocenters. The molecule has 0 saturated heterocycles. The Kier molecular flexibility index (Phi) is 3.74. The van der Waals surface area contributed by atoms with Crippen molar-refractivity contribution in [1.82, 2.24) is 30.4 Å². The lowest BCUT2D eigenvalue weighted by Crippen LogP contribution is -2.19. The first-order valence-corrected chi connectivity index (χ1v) is 6.70. The normalized spacial score (nSPS) is 12.5. The monoisotopic (exact) mass is 284 g/mol. The maximum absolute atomic E-state index is 5.29. The number of aromatic nitrogens is 5. The van der Waals surface area contributed by atoms with Gasteiger partial charge in [0.15, 0.2) is 0 Å². The molecule has 0 spiro atoms. The highest BCUT2D eigenvalue weighted by Crippen LogP contribution is 2.17. The van der Waals surface area contributed by atoms with Gasteiger partial charge in [0.2, 0.25) is 11.7 Å². The summed E-state index contributed by atoms with van der Waals surface area (Å²) < 4.78 is 5.29. The Hall–Kier alpha value is -2.54. The van der Waals surface area contributed by atoms with Gasteiger partial charge in [-0.2, -0.15) is 4.98 Å². The standard InChI is InChI=1S/C14H16N6O/c1-9-6-17-12(18-9)8-16-10(2)14-19-13(20-21-14)11-4-3-5-15-7-11/h3-7,10,16H,8H2,1-2H3,(H,17,18). The van der Waals surface area contributed by atoms with E-state index in [0.29, 0.717) is 18.3 Å². The molecule has 3 heterocycles. The van der Waals surface area contributed by atoms with Crippen LogP contribution in [0.2, 0.25) is 0 Å². The molecule has 3 rings (SSSR count). The highest BCUT2D eigenvalue weighted by atomic mass is 16.5. The van der Waals surface area contributed by atoms with Crippen LogP contribution in [0.15, 0.2) is 35.2 Å². The van der Waals surface area contributed by atoms with E-state index in [2.05, 4.69) is 30.4 Å². The fraction of sp³-hybridized carbons (Fsp3) is 0.286. The lowest BCUT2D eigenvalue weighted by atomic mass is 10.3. The molecule has 3 aromatic rings. The van der Waals surface area contributed by atoms with Crippen LogP contribution in [0.4, 0.5) is 0 Å². The maximum Gasteiger partial charge on any atom is 0.243 e. The Morgan fingerprint density at radius 1 is 1.38 bits per heavy atom. The zero-order valence-corrected chi connectivity index (χ0v) is 11.9. The van der Waals surface area contributed by atoms with Gasteiger partial charge in [-0.15, -0.1) is 0 Å². The summed E-state index contributed by atoms with van der Waals surface area (Å²) in [6, 6.07) is 3.67. The molecule has 1 unspecified atom stereocenters. The van der Waals surface area contributed by atoms with E-state index in [9.17, 15) is 0 Å². The second kappa shape index (κ2) is 5.84. The zero-order chi connectivity index (χ0) is 14.7. The summed E-state index contributed by atoms with van der Waals surface area (Å²) in [5.41, 5.74) is 1.87. The van der Waals surface area contributed by atoms with Gasteiger partial charge in [0.1, 0.15) is 5.82 Å². The van der Waals surface area contributed by atoms with Gasteiger partial charge < -0.3 is 9.51 Å². The Bertz CT molecular complexity index is 705. The predicted molar refractivity (Wildman–Crippen MR) is 76.1 cm³/mol. The van der Waals surface area contributed by atoms with Gasteiger partial charge >= 0.3 is 0 Å². The van der Waals surface area contributed by atoms with Gasteiger partial charge in [0.25, 0.3) is 0 Å². The highest BCUT2D eigenvalue weighted by Gasteiger charge is 2.15. The van der Waals surface area contributed by atoms with Crippen molar-refractivity contribution in [1.29, 1.82) is 0 Å². The summed E-state index contributed by atoms with van der Waals surface area (Å²) in [6.45, 7) is 4.55. The molecule has 0 aromatic carbocycles. The minimum Gasteiger partial charge on any atom is -0.345 e. The molecule has 2 N–H and O–H groups in total. The van der Waals surface area contributed by atoms with Crippen LogP contribution in [0.5, 0.6) is 0 Å². The number of hydrogen-bond donors (Lipinski definition) is 2. The molecule has 0 amide bonds. The Labute approximate surface area is 121 Å². The molecule has 0 aliphatic heterocycles. The van der Waals surface area contributed by atoms with Crippen LogP contribution in [0.3, 0.4) is 0 Å². The van der Waals surface area contributed by atoms with Gasteiger partial charge in [-0.05, 0) is 26.0 Å². The number of aryl methyl sites for hydroxylation is 1. The molecule has 0 aliphatic carbocycles. The third-order valence-corrected chi connectivity index (χ3v) is 3.06. The number of H-pyrrole nitrogens is 1. The van der Waals surface area contributed by atoms with E-state index < -0.39 is 0 Å². The smallest absolute Gasteiger partial charge is 0.243 e. The molecule has 108 valence electrons. The summed E-state index contributed by atoms with van der Waals surface area (Å²) >= 11 is 0. The fourth-order valence-electron chi connectivity index (χ4n) is 1.92. The molecule has 0 aliphatic rings. The quantitative estimate of drug-likeness (QED) is 0.744. The van der Waals surface area contributed by atoms with Crippen LogP contribution in [-0.4, -0.2) is 25.1 Å². The van der Waals surface area contributed by atoms with Gasteiger partial charge in [-0.1, -0.05) is 5.16 Å². The minimum atomic E-state index is -0.0617. The summed E-state index contributed by atoms with van der Waals surface area (Å²) in [7, 11) is 0. The molecule has 3 aromatic heterocycles. The molecular weight excluding hydrogens is 268 g/mol. The molecule has 0 radical (unpaired) electrons. The first-order valence-electron chi connectivity index (χ1n) is 6.70. The maximum atomic E-state index is 5.29. The average Bonchev–Trinajstić information content (AvgIpc) is 3.15. The first-order chi connectivity index (χ1) is 10.2. The van der Waals surface area contributed by atoms with E-state index in [1.165, 1.54) is 0 Å². The van der Waals surface area contributed by atoms with Crippen LogP contribution >= 0.6 is 0 Å². The van der Waals surface area contributed by atoms with Crippen molar-refractivity contribution in [2.45, 2.75) is 26.4 Å². The number of imidazole rings is 1. The van der Waals surface area contributed by atoms with Crippen molar-refractivity contribution >= 4 is 0 Å². The minimum absolute atomic E-state index is 0.0617. The zero-order valence-electron chi connectivity index (χ0n) is 11.9. The molecule has 21 heavy (non-hydrogen) atoms. The van der Waals surface area contributed by atoms with E-state index in [1.807, 2.05) is 26.0 Å². The van der Waals surface area contributed by atoms with Crippen molar-refractivity contribution in [3.05, 3.63) is 48.1 Å². The Morgan fingerprint density at radius 2 is 2.29 bits per heavy atom. The van der Waals surface area contributed by atoms with Gasteiger partial charge in [0, 0.05) is 29.8 Å². The summed E-state index contributed by atoms with van der Waals surface area (Å²) in [5, 5.41) is 7.26. The third kappa shape index (κ3) is 3.14. The Balaban J connectivity index is 1.65.